The second kappa shape index (κ2) is 10.2. The van der Waals surface area contributed by atoms with Gasteiger partial charge in [0.05, 0.1) is 24.4 Å². The van der Waals surface area contributed by atoms with E-state index in [1.165, 1.54) is 0 Å². The van der Waals surface area contributed by atoms with Gasteiger partial charge < -0.3 is 25.0 Å². The zero-order valence-electron chi connectivity index (χ0n) is 20.6. The molecule has 0 unspecified atom stereocenters. The number of ether oxygens (including phenoxy) is 3. The van der Waals surface area contributed by atoms with Crippen molar-refractivity contribution in [1.29, 1.82) is 0 Å². The van der Waals surface area contributed by atoms with Gasteiger partial charge in [-0.2, -0.15) is 0 Å². The molecule has 38 heavy (non-hydrogen) atoms. The zero-order chi connectivity index (χ0) is 27.3. The molecule has 3 atom stereocenters. The number of amides is 1. The van der Waals surface area contributed by atoms with Crippen LogP contribution in [0.25, 0.3) is 0 Å². The first-order chi connectivity index (χ1) is 17.9. The molecule has 4 aliphatic carbocycles. The van der Waals surface area contributed by atoms with Crippen molar-refractivity contribution in [3.63, 3.8) is 0 Å². The van der Waals surface area contributed by atoms with Crippen LogP contribution >= 0.6 is 11.6 Å². The summed E-state index contributed by atoms with van der Waals surface area (Å²) in [6, 6.07) is 4.87. The Kier molecular flexibility index (Phi) is 7.45. The summed E-state index contributed by atoms with van der Waals surface area (Å²) in [7, 11) is 0. The van der Waals surface area contributed by atoms with Gasteiger partial charge in [0.1, 0.15) is 12.4 Å². The third kappa shape index (κ3) is 5.82. The Morgan fingerprint density at radius 2 is 1.82 bits per heavy atom. The van der Waals surface area contributed by atoms with Gasteiger partial charge in [0.15, 0.2) is 11.9 Å². The molecule has 1 heterocycles. The van der Waals surface area contributed by atoms with E-state index in [-0.39, 0.29) is 44.0 Å². The molecule has 1 amide bonds. The number of carbonyl (C=O) groups excluding carboxylic acids is 2. The van der Waals surface area contributed by atoms with Crippen LogP contribution in [0.1, 0.15) is 69.5 Å². The van der Waals surface area contributed by atoms with E-state index in [0.717, 1.165) is 0 Å². The Labute approximate surface area is 222 Å². The molecule has 4 fully saturated rings. The van der Waals surface area contributed by atoms with E-state index in [2.05, 4.69) is 10.1 Å². The lowest BCUT2D eigenvalue weighted by atomic mass is 9.54. The predicted octanol–water partition coefficient (Wildman–Crippen LogP) is 3.75. The molecule has 4 saturated carbocycles. The van der Waals surface area contributed by atoms with Crippen molar-refractivity contribution in [3.8, 4) is 5.75 Å². The van der Waals surface area contributed by atoms with Crippen LogP contribution in [-0.2, 0) is 19.1 Å². The Hall–Kier alpha value is -1.92. The maximum atomic E-state index is 13.1. The number of fused-ring (bicyclic) bond motifs is 4. The number of hydrogen-bond acceptors (Lipinski definition) is 7. The number of nitrogens with one attached hydrogen (secondary N) is 1. The molecule has 0 radical (unpaired) electrons. The van der Waals surface area contributed by atoms with Crippen LogP contribution in [0.3, 0.4) is 0 Å². The first-order valence-electron chi connectivity index (χ1n) is 12.9. The molecule has 210 valence electrons. The molecular weight excluding hydrogens is 531 g/mol. The van der Waals surface area contributed by atoms with E-state index in [9.17, 15) is 33.0 Å². The standard InChI is InChI=1S/C26H31ClF3NO7/c27-14-1-2-20-18(7-14)19(33)10-21(37-20)23(35)31-25-5-3-24(4-6-25,22(34)12-25)11-15(32)13-36-16-8-17(9-16)38-26(28,29)30/h1-2,7,16-17,19,21-22,33-34H,3-6,8-13H2,(H,31,35)/t16?,17?,19-,21-,22+,24?,25?/m1/s1. The van der Waals surface area contributed by atoms with Crippen LogP contribution in [0.4, 0.5) is 13.2 Å². The third-order valence-electron chi connectivity index (χ3n) is 8.59. The van der Waals surface area contributed by atoms with Crippen molar-refractivity contribution < 1.29 is 47.2 Å². The largest absolute Gasteiger partial charge is 0.522 e. The smallest absolute Gasteiger partial charge is 0.480 e. The summed E-state index contributed by atoms with van der Waals surface area (Å²) in [4.78, 5) is 25.8. The minimum Gasteiger partial charge on any atom is -0.480 e. The molecule has 8 nitrogen and oxygen atoms in total. The fourth-order valence-corrected chi connectivity index (χ4v) is 6.52. The molecular formula is C26H31ClF3NO7. The van der Waals surface area contributed by atoms with Gasteiger partial charge in [0, 0.05) is 47.2 Å². The summed E-state index contributed by atoms with van der Waals surface area (Å²) < 4.78 is 52.0. The highest BCUT2D eigenvalue weighted by molar-refractivity contribution is 6.30. The highest BCUT2D eigenvalue weighted by Gasteiger charge is 2.55. The third-order valence-corrected chi connectivity index (χ3v) is 8.83. The zero-order valence-corrected chi connectivity index (χ0v) is 21.4. The lowest BCUT2D eigenvalue weighted by Crippen LogP contribution is -2.64. The number of rotatable bonds is 8. The van der Waals surface area contributed by atoms with E-state index < -0.39 is 47.8 Å². The normalized spacial score (nSPS) is 36.1. The molecule has 1 aromatic carbocycles. The SMILES string of the molecule is O=C(COC1CC(OC(F)(F)F)C1)CC12CCC(NC(=O)[C@H]3C[C@@H](O)c4cc(Cl)ccc4O3)(CC1)C[C@@H]2O. The summed E-state index contributed by atoms with van der Waals surface area (Å²) in [6.45, 7) is -0.214. The van der Waals surface area contributed by atoms with Crippen LogP contribution < -0.4 is 10.1 Å². The number of halogens is 4. The number of hydrogen-bond donors (Lipinski definition) is 3. The Morgan fingerprint density at radius 1 is 1.11 bits per heavy atom. The highest BCUT2D eigenvalue weighted by atomic mass is 35.5. The summed E-state index contributed by atoms with van der Waals surface area (Å²) in [5, 5.41) is 25.0. The first kappa shape index (κ1) is 27.6. The van der Waals surface area contributed by atoms with Gasteiger partial charge in [-0.25, -0.2) is 0 Å². The number of aliphatic hydroxyl groups is 2. The lowest BCUT2D eigenvalue weighted by Gasteiger charge is -2.56. The van der Waals surface area contributed by atoms with Gasteiger partial charge >= 0.3 is 6.36 Å². The molecule has 1 aliphatic heterocycles. The fraction of sp³-hybridized carbons (Fsp3) is 0.692. The number of alkyl halides is 3. The van der Waals surface area contributed by atoms with Crippen LogP contribution in [0.2, 0.25) is 5.02 Å². The number of Topliss-reactive ketones (excluding diaryl/α,β-unsaturated/α-hetero) is 1. The summed E-state index contributed by atoms with van der Waals surface area (Å²) in [6.07, 6.45) is -5.71. The first-order valence-corrected chi connectivity index (χ1v) is 13.3. The van der Waals surface area contributed by atoms with E-state index in [4.69, 9.17) is 21.1 Å². The van der Waals surface area contributed by atoms with Gasteiger partial charge in [-0.15, -0.1) is 13.2 Å². The van der Waals surface area contributed by atoms with Crippen LogP contribution in [0.5, 0.6) is 5.75 Å². The molecule has 0 spiro atoms. The van der Waals surface area contributed by atoms with Gasteiger partial charge in [-0.05, 0) is 50.3 Å². The topological polar surface area (TPSA) is 114 Å². The van der Waals surface area contributed by atoms with Crippen molar-refractivity contribution in [1.82, 2.24) is 5.32 Å². The molecule has 6 rings (SSSR count). The van der Waals surface area contributed by atoms with Crippen LogP contribution in [0.15, 0.2) is 18.2 Å². The van der Waals surface area contributed by atoms with Crippen molar-refractivity contribution >= 4 is 23.3 Å². The van der Waals surface area contributed by atoms with Crippen LogP contribution in [-0.4, -0.2) is 64.8 Å². The van der Waals surface area contributed by atoms with Crippen molar-refractivity contribution in [2.45, 2.75) is 100 Å². The summed E-state index contributed by atoms with van der Waals surface area (Å²) in [5.74, 6) is -0.154. The average molecular weight is 562 g/mol. The summed E-state index contributed by atoms with van der Waals surface area (Å²) >= 11 is 6.00. The minimum atomic E-state index is -4.68. The number of carbonyl (C=O) groups is 2. The number of benzene rings is 1. The van der Waals surface area contributed by atoms with E-state index in [0.29, 0.717) is 48.4 Å². The fourth-order valence-electron chi connectivity index (χ4n) is 6.33. The highest BCUT2D eigenvalue weighted by Crippen LogP contribution is 2.54. The Bertz CT molecular complexity index is 1070. The van der Waals surface area contributed by atoms with Gasteiger partial charge in [-0.3, -0.25) is 14.3 Å². The van der Waals surface area contributed by atoms with Gasteiger partial charge in [-0.1, -0.05) is 11.6 Å². The molecule has 12 heteroatoms. The molecule has 1 aromatic rings. The van der Waals surface area contributed by atoms with E-state index >= 15 is 0 Å². The Morgan fingerprint density at radius 3 is 2.47 bits per heavy atom. The minimum absolute atomic E-state index is 0.0837. The second-order valence-corrected chi connectivity index (χ2v) is 11.6. The van der Waals surface area contributed by atoms with E-state index in [1.54, 1.807) is 18.2 Å². The maximum Gasteiger partial charge on any atom is 0.522 e. The predicted molar refractivity (Wildman–Crippen MR) is 127 cm³/mol. The molecule has 3 N–H and O–H groups in total. The van der Waals surface area contributed by atoms with Crippen molar-refractivity contribution in [2.24, 2.45) is 5.41 Å². The second-order valence-electron chi connectivity index (χ2n) is 11.2. The van der Waals surface area contributed by atoms with E-state index in [1.807, 2.05) is 0 Å². The monoisotopic (exact) mass is 561 g/mol. The number of ketones is 1. The van der Waals surface area contributed by atoms with Gasteiger partial charge in [0.2, 0.25) is 0 Å². The average Bonchev–Trinajstić information content (AvgIpc) is 2.81. The molecule has 5 aliphatic rings. The lowest BCUT2D eigenvalue weighted by molar-refractivity contribution is -0.357. The molecule has 0 saturated heterocycles. The maximum absolute atomic E-state index is 13.1. The van der Waals surface area contributed by atoms with Crippen molar-refractivity contribution in [2.75, 3.05) is 6.61 Å². The Balaban J connectivity index is 1.10. The molecule has 2 bridgehead atoms. The quantitative estimate of drug-likeness (QED) is 0.443. The number of aliphatic hydroxyl groups excluding tert-OH is 2. The van der Waals surface area contributed by atoms with Crippen molar-refractivity contribution in [3.05, 3.63) is 28.8 Å². The van der Waals surface area contributed by atoms with Crippen LogP contribution in [0, 0.1) is 5.41 Å². The summed E-state index contributed by atoms with van der Waals surface area (Å²) in [5.41, 5.74) is -0.689. The molecule has 0 aromatic heterocycles. The van der Waals surface area contributed by atoms with Gasteiger partial charge in [0.25, 0.3) is 5.91 Å².